The third-order valence-corrected chi connectivity index (χ3v) is 5.60. The molecule has 0 fully saturated rings. The van der Waals surface area contributed by atoms with E-state index in [1.165, 1.54) is 7.11 Å². The lowest BCUT2D eigenvalue weighted by Gasteiger charge is -2.20. The highest BCUT2D eigenvalue weighted by Gasteiger charge is 2.44. The monoisotopic (exact) mass is 451 g/mol. The number of ether oxygens (including phenoxy) is 5. The van der Waals surface area contributed by atoms with Crippen LogP contribution in [0.5, 0.6) is 28.7 Å². The van der Waals surface area contributed by atoms with Crippen molar-refractivity contribution in [1.29, 1.82) is 0 Å². The zero-order valence-electron chi connectivity index (χ0n) is 18.2. The summed E-state index contributed by atoms with van der Waals surface area (Å²) in [4.78, 5) is 26.1. The molecule has 0 aliphatic carbocycles. The van der Waals surface area contributed by atoms with Gasteiger partial charge in [0.25, 0.3) is 5.91 Å². The van der Waals surface area contributed by atoms with Crippen molar-refractivity contribution in [3.8, 4) is 28.7 Å². The van der Waals surface area contributed by atoms with Crippen molar-refractivity contribution in [2.24, 2.45) is 0 Å². The average molecular weight is 451 g/mol. The molecule has 9 heteroatoms. The smallest absolute Gasteiger partial charge is 0.343 e. The fourth-order valence-electron chi connectivity index (χ4n) is 4.09. The van der Waals surface area contributed by atoms with Crippen molar-refractivity contribution in [1.82, 2.24) is 0 Å². The summed E-state index contributed by atoms with van der Waals surface area (Å²) >= 11 is 0. The normalized spacial score (nSPS) is 17.8. The molecule has 2 aliphatic rings. The molecular formula is C24H21NO8. The van der Waals surface area contributed by atoms with Crippen LogP contribution in [0.25, 0.3) is 0 Å². The Kier molecular flexibility index (Phi) is 5.08. The van der Waals surface area contributed by atoms with Crippen molar-refractivity contribution in [3.63, 3.8) is 0 Å². The largest absolute Gasteiger partial charge is 0.497 e. The molecule has 1 amide bonds. The molecule has 0 saturated carbocycles. The number of methoxy groups -OCH3 is 2. The molecule has 0 bridgehead atoms. The number of fused-ring (bicyclic) bond motifs is 2. The molecule has 2 aromatic carbocycles. The molecule has 3 heterocycles. The van der Waals surface area contributed by atoms with Gasteiger partial charge in [-0.3, -0.25) is 4.79 Å². The van der Waals surface area contributed by atoms with E-state index in [0.29, 0.717) is 45.8 Å². The molecule has 170 valence electrons. The first kappa shape index (κ1) is 20.7. The van der Waals surface area contributed by atoms with Gasteiger partial charge in [0.05, 0.1) is 25.7 Å². The highest BCUT2D eigenvalue weighted by Crippen LogP contribution is 2.48. The molecule has 0 saturated heterocycles. The molecular weight excluding hydrogens is 430 g/mol. The second-order valence-corrected chi connectivity index (χ2v) is 7.61. The van der Waals surface area contributed by atoms with Crippen LogP contribution in [0.3, 0.4) is 0 Å². The number of aryl methyl sites for hydroxylation is 1. The molecule has 9 nitrogen and oxygen atoms in total. The molecule has 2 aliphatic heterocycles. The summed E-state index contributed by atoms with van der Waals surface area (Å²) < 4.78 is 32.9. The molecule has 33 heavy (non-hydrogen) atoms. The van der Waals surface area contributed by atoms with E-state index in [1.54, 1.807) is 56.5 Å². The third kappa shape index (κ3) is 3.61. The van der Waals surface area contributed by atoms with Gasteiger partial charge in [-0.15, -0.1) is 0 Å². The van der Waals surface area contributed by atoms with E-state index in [9.17, 15) is 9.59 Å². The molecule has 0 radical (unpaired) electrons. The SMILES string of the molecule is COc1ccc(NC(=O)C2Oc3cc(C)oc(=O)c3C2c2cc(OC)c3c(c2)OCO3)cc1. The fraction of sp³-hybridized carbons (Fsp3) is 0.250. The van der Waals surface area contributed by atoms with Crippen molar-refractivity contribution >= 4 is 11.6 Å². The number of carbonyl (C=O) groups is 1. The Balaban J connectivity index is 1.56. The highest BCUT2D eigenvalue weighted by atomic mass is 16.7. The standard InChI is InChI=1S/C24H21NO8/c1-12-8-16-20(24(27)32-12)19(13-9-17(29-3)21-18(10-13)30-11-31-21)22(33-16)23(26)25-14-4-6-15(28-2)7-5-14/h4-10,19,22H,11H2,1-3H3,(H,25,26). The highest BCUT2D eigenvalue weighted by molar-refractivity contribution is 5.96. The van der Waals surface area contributed by atoms with E-state index >= 15 is 0 Å². The van der Waals surface area contributed by atoms with Crippen LogP contribution >= 0.6 is 0 Å². The zero-order chi connectivity index (χ0) is 23.1. The van der Waals surface area contributed by atoms with Gasteiger partial charge in [-0.1, -0.05) is 0 Å². The second kappa shape index (κ2) is 8.09. The maximum atomic E-state index is 13.3. The third-order valence-electron chi connectivity index (χ3n) is 5.60. The maximum Gasteiger partial charge on any atom is 0.343 e. The van der Waals surface area contributed by atoms with Gasteiger partial charge in [0.1, 0.15) is 17.3 Å². The van der Waals surface area contributed by atoms with Gasteiger partial charge in [-0.25, -0.2) is 4.79 Å². The minimum absolute atomic E-state index is 0.0512. The van der Waals surface area contributed by atoms with Gasteiger partial charge in [0, 0.05) is 11.8 Å². The molecule has 2 atom stereocenters. The Labute approximate surface area is 188 Å². The Morgan fingerprint density at radius 2 is 1.82 bits per heavy atom. The summed E-state index contributed by atoms with van der Waals surface area (Å²) in [6.45, 7) is 1.70. The average Bonchev–Trinajstić information content (AvgIpc) is 3.43. The number of amides is 1. The van der Waals surface area contributed by atoms with Gasteiger partial charge in [0.2, 0.25) is 12.5 Å². The molecule has 3 aromatic rings. The molecule has 2 unspecified atom stereocenters. The summed E-state index contributed by atoms with van der Waals surface area (Å²) in [5, 5.41) is 2.85. The van der Waals surface area contributed by atoms with E-state index in [0.717, 1.165) is 0 Å². The lowest BCUT2D eigenvalue weighted by atomic mass is 9.88. The first-order valence-corrected chi connectivity index (χ1v) is 10.2. The Morgan fingerprint density at radius 3 is 2.55 bits per heavy atom. The van der Waals surface area contributed by atoms with Crippen LogP contribution in [0, 0.1) is 6.92 Å². The van der Waals surface area contributed by atoms with Crippen molar-refractivity contribution < 1.29 is 32.9 Å². The van der Waals surface area contributed by atoms with Crippen LogP contribution in [0.1, 0.15) is 22.8 Å². The Morgan fingerprint density at radius 1 is 1.03 bits per heavy atom. The number of benzene rings is 2. The van der Waals surface area contributed by atoms with E-state index in [-0.39, 0.29) is 12.4 Å². The number of nitrogens with one attached hydrogen (secondary N) is 1. The molecule has 1 N–H and O–H groups in total. The van der Waals surface area contributed by atoms with Crippen LogP contribution < -0.4 is 34.6 Å². The van der Waals surface area contributed by atoms with Crippen LogP contribution in [0.2, 0.25) is 0 Å². The number of rotatable bonds is 5. The summed E-state index contributed by atoms with van der Waals surface area (Å²) in [6.07, 6.45) is -1.03. The van der Waals surface area contributed by atoms with Crippen LogP contribution in [-0.2, 0) is 4.79 Å². The number of hydrogen-bond acceptors (Lipinski definition) is 8. The van der Waals surface area contributed by atoms with Crippen molar-refractivity contribution in [2.75, 3.05) is 26.3 Å². The minimum Gasteiger partial charge on any atom is -0.497 e. The summed E-state index contributed by atoms with van der Waals surface area (Å²) in [7, 11) is 3.07. The van der Waals surface area contributed by atoms with Crippen molar-refractivity contribution in [2.45, 2.75) is 18.9 Å². The molecule has 0 spiro atoms. The van der Waals surface area contributed by atoms with Gasteiger partial charge < -0.3 is 33.4 Å². The predicted octanol–water partition coefficient (Wildman–Crippen LogP) is 3.23. The van der Waals surface area contributed by atoms with Crippen LogP contribution in [0.15, 0.2) is 51.7 Å². The zero-order valence-corrected chi connectivity index (χ0v) is 18.2. The van der Waals surface area contributed by atoms with Crippen LogP contribution in [0.4, 0.5) is 5.69 Å². The molecule has 5 rings (SSSR count). The van der Waals surface area contributed by atoms with Crippen LogP contribution in [-0.4, -0.2) is 33.0 Å². The van der Waals surface area contributed by atoms with E-state index < -0.39 is 23.6 Å². The first-order chi connectivity index (χ1) is 16.0. The van der Waals surface area contributed by atoms with Crippen molar-refractivity contribution in [3.05, 3.63) is 69.8 Å². The quantitative estimate of drug-likeness (QED) is 0.630. The van der Waals surface area contributed by atoms with E-state index in [4.69, 9.17) is 28.1 Å². The van der Waals surface area contributed by atoms with Gasteiger partial charge in [0.15, 0.2) is 17.6 Å². The van der Waals surface area contributed by atoms with E-state index in [1.807, 2.05) is 0 Å². The topological polar surface area (TPSA) is 105 Å². The summed E-state index contributed by atoms with van der Waals surface area (Å²) in [5.74, 6) is 1.54. The van der Waals surface area contributed by atoms with Gasteiger partial charge >= 0.3 is 5.63 Å². The van der Waals surface area contributed by atoms with Gasteiger partial charge in [-0.2, -0.15) is 0 Å². The molecule has 1 aromatic heterocycles. The number of hydrogen-bond donors (Lipinski definition) is 1. The minimum atomic E-state index is -1.03. The van der Waals surface area contributed by atoms with Gasteiger partial charge in [-0.05, 0) is 48.9 Å². The number of carbonyl (C=O) groups excluding carboxylic acids is 1. The maximum absolute atomic E-state index is 13.3. The predicted molar refractivity (Wildman–Crippen MR) is 117 cm³/mol. The lowest BCUT2D eigenvalue weighted by molar-refractivity contribution is -0.122. The fourth-order valence-corrected chi connectivity index (χ4v) is 4.09. The number of anilines is 1. The summed E-state index contributed by atoms with van der Waals surface area (Å²) in [6, 6.07) is 11.9. The summed E-state index contributed by atoms with van der Waals surface area (Å²) in [5.41, 5.74) is 0.856. The first-order valence-electron chi connectivity index (χ1n) is 10.2. The lowest BCUT2D eigenvalue weighted by Crippen LogP contribution is -2.35. The second-order valence-electron chi connectivity index (χ2n) is 7.61. The Hall–Kier alpha value is -4.14. The Bertz CT molecular complexity index is 1280. The van der Waals surface area contributed by atoms with E-state index in [2.05, 4.69) is 5.32 Å².